The first kappa shape index (κ1) is 16.9. The first-order valence-electron chi connectivity index (χ1n) is 7.78. The van der Waals surface area contributed by atoms with E-state index in [0.29, 0.717) is 6.04 Å². The van der Waals surface area contributed by atoms with Crippen molar-refractivity contribution in [2.75, 3.05) is 11.4 Å². The van der Waals surface area contributed by atoms with E-state index in [9.17, 15) is 5.11 Å². The maximum Gasteiger partial charge on any atom is 0.131 e. The molecule has 1 aromatic rings. The summed E-state index contributed by atoms with van der Waals surface area (Å²) in [7, 11) is 0. The SMILES string of the molecule is CCCCN(c1cnc(C(C)C)nc1CO)C(C)CC. The van der Waals surface area contributed by atoms with Gasteiger partial charge in [0.15, 0.2) is 0 Å². The lowest BCUT2D eigenvalue weighted by Gasteiger charge is -2.31. The lowest BCUT2D eigenvalue weighted by Crippen LogP contribution is -2.34. The smallest absolute Gasteiger partial charge is 0.131 e. The van der Waals surface area contributed by atoms with Crippen LogP contribution in [0.3, 0.4) is 0 Å². The Hall–Kier alpha value is -1.16. The largest absolute Gasteiger partial charge is 0.390 e. The van der Waals surface area contributed by atoms with E-state index in [1.54, 1.807) is 0 Å². The normalized spacial score (nSPS) is 12.8. The second-order valence-electron chi connectivity index (χ2n) is 5.68. The number of anilines is 1. The highest BCUT2D eigenvalue weighted by Gasteiger charge is 2.18. The molecule has 0 radical (unpaired) electrons. The summed E-state index contributed by atoms with van der Waals surface area (Å²) in [6.07, 6.45) is 5.25. The van der Waals surface area contributed by atoms with Crippen LogP contribution in [0.1, 0.15) is 71.3 Å². The van der Waals surface area contributed by atoms with Gasteiger partial charge in [-0.15, -0.1) is 0 Å². The molecule has 0 aliphatic rings. The van der Waals surface area contributed by atoms with Crippen molar-refractivity contribution < 1.29 is 5.11 Å². The zero-order valence-electron chi connectivity index (χ0n) is 13.6. The van der Waals surface area contributed by atoms with Crippen LogP contribution in [0.15, 0.2) is 6.20 Å². The fourth-order valence-corrected chi connectivity index (χ4v) is 2.19. The van der Waals surface area contributed by atoms with Crippen LogP contribution in [0.25, 0.3) is 0 Å². The Morgan fingerprint density at radius 3 is 2.45 bits per heavy atom. The lowest BCUT2D eigenvalue weighted by atomic mass is 10.1. The number of unbranched alkanes of at least 4 members (excludes halogenated alkanes) is 1. The summed E-state index contributed by atoms with van der Waals surface area (Å²) in [5.74, 6) is 1.08. The number of aliphatic hydroxyl groups is 1. The molecule has 0 saturated carbocycles. The van der Waals surface area contributed by atoms with E-state index in [-0.39, 0.29) is 12.5 Å². The Morgan fingerprint density at radius 2 is 1.95 bits per heavy atom. The number of aliphatic hydroxyl groups excluding tert-OH is 1. The number of hydrogen-bond donors (Lipinski definition) is 1. The number of nitrogens with zero attached hydrogens (tertiary/aromatic N) is 3. The van der Waals surface area contributed by atoms with Crippen molar-refractivity contribution in [3.63, 3.8) is 0 Å². The maximum absolute atomic E-state index is 9.64. The van der Waals surface area contributed by atoms with Gasteiger partial charge in [0.1, 0.15) is 5.82 Å². The number of rotatable bonds is 8. The van der Waals surface area contributed by atoms with Crippen molar-refractivity contribution in [2.45, 2.75) is 72.4 Å². The van der Waals surface area contributed by atoms with Crippen LogP contribution in [0.4, 0.5) is 5.69 Å². The van der Waals surface area contributed by atoms with E-state index >= 15 is 0 Å². The Bertz CT molecular complexity index is 407. The van der Waals surface area contributed by atoms with Gasteiger partial charge in [0.05, 0.1) is 24.2 Å². The average molecular weight is 279 g/mol. The third kappa shape index (κ3) is 4.17. The second kappa shape index (κ2) is 8.20. The van der Waals surface area contributed by atoms with Gasteiger partial charge in [-0.2, -0.15) is 0 Å². The predicted octanol–water partition coefficient (Wildman–Crippen LogP) is 3.50. The topological polar surface area (TPSA) is 49.2 Å². The third-order valence-corrected chi connectivity index (χ3v) is 3.72. The molecule has 0 spiro atoms. The zero-order valence-corrected chi connectivity index (χ0v) is 13.6. The van der Waals surface area contributed by atoms with Crippen molar-refractivity contribution >= 4 is 5.69 Å². The van der Waals surface area contributed by atoms with Crippen LogP contribution in [-0.4, -0.2) is 27.7 Å². The Kier molecular flexibility index (Phi) is 6.93. The molecule has 1 N–H and O–H groups in total. The fraction of sp³-hybridized carbons (Fsp3) is 0.750. The van der Waals surface area contributed by atoms with Crippen LogP contribution in [-0.2, 0) is 6.61 Å². The molecule has 1 rings (SSSR count). The Labute approximate surface area is 123 Å². The summed E-state index contributed by atoms with van der Waals surface area (Å²) in [6, 6.07) is 0.431. The first-order chi connectivity index (χ1) is 9.54. The van der Waals surface area contributed by atoms with Gasteiger partial charge in [-0.05, 0) is 19.8 Å². The summed E-state index contributed by atoms with van der Waals surface area (Å²) in [5.41, 5.74) is 1.74. The standard InChI is InChI=1S/C16H29N3O/c1-6-8-9-19(13(5)7-2)15-10-17-16(12(3)4)18-14(15)11-20/h10,12-13,20H,6-9,11H2,1-5H3. The molecule has 0 saturated heterocycles. The van der Waals surface area contributed by atoms with Crippen LogP contribution >= 0.6 is 0 Å². The monoisotopic (exact) mass is 279 g/mol. The van der Waals surface area contributed by atoms with Crippen molar-refractivity contribution in [2.24, 2.45) is 0 Å². The number of hydrogen-bond acceptors (Lipinski definition) is 4. The van der Waals surface area contributed by atoms with Crippen LogP contribution in [0.5, 0.6) is 0 Å². The molecule has 1 unspecified atom stereocenters. The molecule has 0 aliphatic carbocycles. The molecule has 1 heterocycles. The van der Waals surface area contributed by atoms with E-state index in [2.05, 4.69) is 49.5 Å². The average Bonchev–Trinajstić information content (AvgIpc) is 2.47. The van der Waals surface area contributed by atoms with Gasteiger partial charge in [0, 0.05) is 18.5 Å². The molecule has 4 heteroatoms. The molecule has 0 aromatic carbocycles. The highest BCUT2D eigenvalue weighted by molar-refractivity contribution is 5.49. The van der Waals surface area contributed by atoms with E-state index < -0.39 is 0 Å². The minimum atomic E-state index is -0.0311. The fourth-order valence-electron chi connectivity index (χ4n) is 2.19. The molecular weight excluding hydrogens is 250 g/mol. The van der Waals surface area contributed by atoms with Gasteiger partial charge >= 0.3 is 0 Å². The molecule has 4 nitrogen and oxygen atoms in total. The summed E-state index contributed by atoms with van der Waals surface area (Å²) in [6.45, 7) is 11.7. The quantitative estimate of drug-likeness (QED) is 0.791. The molecule has 0 aliphatic heterocycles. The summed E-state index contributed by atoms with van der Waals surface area (Å²) in [4.78, 5) is 11.3. The molecule has 1 aromatic heterocycles. The van der Waals surface area contributed by atoms with Crippen molar-refractivity contribution in [3.8, 4) is 0 Å². The molecule has 0 amide bonds. The van der Waals surface area contributed by atoms with E-state index in [4.69, 9.17) is 0 Å². The highest BCUT2D eigenvalue weighted by atomic mass is 16.3. The molecule has 114 valence electrons. The van der Waals surface area contributed by atoms with E-state index in [1.165, 1.54) is 0 Å². The summed E-state index contributed by atoms with van der Waals surface area (Å²) < 4.78 is 0. The zero-order chi connectivity index (χ0) is 15.1. The number of aromatic nitrogens is 2. The Balaban J connectivity index is 3.11. The molecule has 20 heavy (non-hydrogen) atoms. The van der Waals surface area contributed by atoms with E-state index in [0.717, 1.165) is 43.0 Å². The van der Waals surface area contributed by atoms with Gasteiger partial charge < -0.3 is 10.0 Å². The molecule has 0 bridgehead atoms. The van der Waals surface area contributed by atoms with Gasteiger partial charge in [0.2, 0.25) is 0 Å². The molecular formula is C16H29N3O. The maximum atomic E-state index is 9.64. The van der Waals surface area contributed by atoms with Crippen molar-refractivity contribution in [1.82, 2.24) is 9.97 Å². The third-order valence-electron chi connectivity index (χ3n) is 3.72. The van der Waals surface area contributed by atoms with Gasteiger partial charge in [-0.1, -0.05) is 34.1 Å². The van der Waals surface area contributed by atoms with Crippen molar-refractivity contribution in [1.29, 1.82) is 0 Å². The minimum absolute atomic E-state index is 0.0311. The molecule has 0 fully saturated rings. The van der Waals surface area contributed by atoms with Crippen molar-refractivity contribution in [3.05, 3.63) is 17.7 Å². The van der Waals surface area contributed by atoms with Crippen LogP contribution in [0, 0.1) is 0 Å². The first-order valence-corrected chi connectivity index (χ1v) is 7.78. The Morgan fingerprint density at radius 1 is 1.25 bits per heavy atom. The highest BCUT2D eigenvalue weighted by Crippen LogP contribution is 2.24. The minimum Gasteiger partial charge on any atom is -0.390 e. The van der Waals surface area contributed by atoms with Gasteiger partial charge in [-0.3, -0.25) is 0 Å². The van der Waals surface area contributed by atoms with Crippen LogP contribution < -0.4 is 4.90 Å². The van der Waals surface area contributed by atoms with Crippen LogP contribution in [0.2, 0.25) is 0 Å². The predicted molar refractivity (Wildman–Crippen MR) is 84.1 cm³/mol. The summed E-state index contributed by atoms with van der Waals surface area (Å²) >= 11 is 0. The van der Waals surface area contributed by atoms with E-state index in [1.807, 2.05) is 6.20 Å². The van der Waals surface area contributed by atoms with Gasteiger partial charge in [-0.25, -0.2) is 9.97 Å². The lowest BCUT2D eigenvalue weighted by molar-refractivity contribution is 0.276. The molecule has 1 atom stereocenters. The summed E-state index contributed by atoms with van der Waals surface area (Å²) in [5, 5.41) is 9.64. The second-order valence-corrected chi connectivity index (χ2v) is 5.68. The van der Waals surface area contributed by atoms with Gasteiger partial charge in [0.25, 0.3) is 0 Å².